The van der Waals surface area contributed by atoms with Gasteiger partial charge in [0, 0.05) is 12.6 Å². The second-order valence-electron chi connectivity index (χ2n) is 3.98. The molecule has 0 saturated carbocycles. The largest absolute Gasteiger partial charge is 0.315 e. The fourth-order valence-corrected chi connectivity index (χ4v) is 3.09. The van der Waals surface area contributed by atoms with Gasteiger partial charge in [0.1, 0.15) is 4.90 Å². The third-order valence-corrected chi connectivity index (χ3v) is 4.21. The molecule has 0 spiro atoms. The summed E-state index contributed by atoms with van der Waals surface area (Å²) in [5.41, 5.74) is 0. The van der Waals surface area contributed by atoms with E-state index in [1.807, 2.05) is 0 Å². The Balaban J connectivity index is 0.00000180. The van der Waals surface area contributed by atoms with Gasteiger partial charge in [-0.3, -0.25) is 0 Å². The molecule has 0 amide bonds. The van der Waals surface area contributed by atoms with Crippen molar-refractivity contribution in [3.8, 4) is 0 Å². The zero-order valence-electron chi connectivity index (χ0n) is 9.62. The second kappa shape index (κ2) is 6.08. The van der Waals surface area contributed by atoms with Crippen LogP contribution in [0.3, 0.4) is 0 Å². The Bertz CT molecular complexity index is 562. The van der Waals surface area contributed by atoms with Crippen LogP contribution in [-0.4, -0.2) is 27.5 Å². The van der Waals surface area contributed by atoms with Crippen molar-refractivity contribution in [3.63, 3.8) is 0 Å². The third-order valence-electron chi connectivity index (χ3n) is 2.67. The Labute approximate surface area is 114 Å². The van der Waals surface area contributed by atoms with Gasteiger partial charge < -0.3 is 5.32 Å². The maximum atomic E-state index is 13.4. The van der Waals surface area contributed by atoms with Crippen LogP contribution >= 0.6 is 12.4 Å². The number of halogens is 4. The quantitative estimate of drug-likeness (QED) is 0.823. The van der Waals surface area contributed by atoms with E-state index in [2.05, 4.69) is 10.0 Å². The molecule has 1 unspecified atom stereocenters. The zero-order valence-corrected chi connectivity index (χ0v) is 11.3. The van der Waals surface area contributed by atoms with Crippen LogP contribution in [0.4, 0.5) is 13.2 Å². The molecule has 0 aliphatic carbocycles. The van der Waals surface area contributed by atoms with Crippen molar-refractivity contribution in [1.82, 2.24) is 10.0 Å². The molecular formula is C10H12ClF3N2O2S. The molecule has 0 bridgehead atoms. The Morgan fingerprint density at radius 1 is 1.21 bits per heavy atom. The molecule has 1 aromatic carbocycles. The van der Waals surface area contributed by atoms with E-state index in [-0.39, 0.29) is 18.4 Å². The van der Waals surface area contributed by atoms with Gasteiger partial charge in [0.25, 0.3) is 0 Å². The summed E-state index contributed by atoms with van der Waals surface area (Å²) in [7, 11) is -4.19. The van der Waals surface area contributed by atoms with Crippen molar-refractivity contribution in [3.05, 3.63) is 29.6 Å². The molecule has 0 aromatic heterocycles. The predicted octanol–water partition coefficient (Wildman–Crippen LogP) is 1.17. The number of benzene rings is 1. The monoisotopic (exact) mass is 316 g/mol. The molecule has 2 rings (SSSR count). The molecule has 1 heterocycles. The van der Waals surface area contributed by atoms with E-state index in [1.165, 1.54) is 0 Å². The molecule has 0 radical (unpaired) electrons. The summed E-state index contributed by atoms with van der Waals surface area (Å²) in [4.78, 5) is -0.881. The van der Waals surface area contributed by atoms with E-state index in [9.17, 15) is 21.6 Å². The first-order valence-electron chi connectivity index (χ1n) is 5.28. The number of nitrogens with one attached hydrogen (secondary N) is 2. The summed E-state index contributed by atoms with van der Waals surface area (Å²) in [6.07, 6.45) is 0.560. The van der Waals surface area contributed by atoms with E-state index in [1.54, 1.807) is 0 Å². The van der Waals surface area contributed by atoms with Gasteiger partial charge >= 0.3 is 0 Å². The molecule has 1 fully saturated rings. The van der Waals surface area contributed by atoms with E-state index in [0.29, 0.717) is 31.6 Å². The first-order chi connectivity index (χ1) is 8.42. The highest BCUT2D eigenvalue weighted by Crippen LogP contribution is 2.20. The second-order valence-corrected chi connectivity index (χ2v) is 5.67. The lowest BCUT2D eigenvalue weighted by molar-refractivity contribution is 0.431. The highest BCUT2D eigenvalue weighted by atomic mass is 35.5. The van der Waals surface area contributed by atoms with E-state index in [4.69, 9.17) is 0 Å². The van der Waals surface area contributed by atoms with Crippen LogP contribution in [0.15, 0.2) is 17.0 Å². The highest BCUT2D eigenvalue weighted by molar-refractivity contribution is 7.89. The van der Waals surface area contributed by atoms with E-state index >= 15 is 0 Å². The van der Waals surface area contributed by atoms with Crippen LogP contribution < -0.4 is 10.0 Å². The minimum Gasteiger partial charge on any atom is -0.315 e. The van der Waals surface area contributed by atoms with Gasteiger partial charge in [0.2, 0.25) is 10.0 Å². The number of hydrogen-bond acceptors (Lipinski definition) is 3. The molecule has 1 saturated heterocycles. The minimum atomic E-state index is -4.19. The first-order valence-corrected chi connectivity index (χ1v) is 6.76. The molecule has 1 atom stereocenters. The van der Waals surface area contributed by atoms with Gasteiger partial charge in [0.05, 0.1) is 0 Å². The van der Waals surface area contributed by atoms with Crippen molar-refractivity contribution in [2.75, 3.05) is 13.1 Å². The SMILES string of the molecule is Cl.O=S(=O)(NC1CCNC1)c1ccc(F)c(F)c1F. The maximum absolute atomic E-state index is 13.4. The standard InChI is InChI=1S/C10H11F3N2O2S.ClH/c11-7-1-2-8(10(13)9(7)12)18(16,17)15-6-3-4-14-5-6;/h1-2,6,14-15H,3-5H2;1H. The molecule has 1 aromatic rings. The Kier molecular flexibility index (Phi) is 5.19. The summed E-state index contributed by atoms with van der Waals surface area (Å²) in [6.45, 7) is 1.07. The van der Waals surface area contributed by atoms with Gasteiger partial charge in [-0.25, -0.2) is 26.3 Å². The van der Waals surface area contributed by atoms with Gasteiger partial charge in [0.15, 0.2) is 17.5 Å². The van der Waals surface area contributed by atoms with Crippen molar-refractivity contribution >= 4 is 22.4 Å². The third kappa shape index (κ3) is 3.38. The van der Waals surface area contributed by atoms with Gasteiger partial charge in [-0.2, -0.15) is 0 Å². The van der Waals surface area contributed by atoms with Gasteiger partial charge in [-0.05, 0) is 25.1 Å². The predicted molar refractivity (Wildman–Crippen MR) is 65.2 cm³/mol. The Morgan fingerprint density at radius 2 is 1.89 bits per heavy atom. The summed E-state index contributed by atoms with van der Waals surface area (Å²) < 4.78 is 64.9. The molecule has 4 nitrogen and oxygen atoms in total. The van der Waals surface area contributed by atoms with Crippen LogP contribution in [0.25, 0.3) is 0 Å². The van der Waals surface area contributed by atoms with E-state index < -0.39 is 32.4 Å². The molecule has 2 N–H and O–H groups in total. The molecule has 1 aliphatic rings. The summed E-state index contributed by atoms with van der Waals surface area (Å²) in [5.74, 6) is -4.91. The Hall–Kier alpha value is -0.830. The average Bonchev–Trinajstić information content (AvgIpc) is 2.77. The lowest BCUT2D eigenvalue weighted by Crippen LogP contribution is -2.36. The van der Waals surface area contributed by atoms with Crippen molar-refractivity contribution in [2.45, 2.75) is 17.4 Å². The van der Waals surface area contributed by atoms with Crippen molar-refractivity contribution in [1.29, 1.82) is 0 Å². The molecule has 1 aliphatic heterocycles. The fourth-order valence-electron chi connectivity index (χ4n) is 1.75. The highest BCUT2D eigenvalue weighted by Gasteiger charge is 2.27. The van der Waals surface area contributed by atoms with Crippen LogP contribution in [-0.2, 0) is 10.0 Å². The number of sulfonamides is 1. The molecular weight excluding hydrogens is 305 g/mol. The van der Waals surface area contributed by atoms with Crippen molar-refractivity contribution < 1.29 is 21.6 Å². The van der Waals surface area contributed by atoms with Gasteiger partial charge in [-0.1, -0.05) is 0 Å². The summed E-state index contributed by atoms with van der Waals surface area (Å²) in [6, 6.07) is 0.917. The molecule has 9 heteroatoms. The number of hydrogen-bond donors (Lipinski definition) is 2. The smallest absolute Gasteiger partial charge is 0.243 e. The van der Waals surface area contributed by atoms with Crippen LogP contribution in [0.5, 0.6) is 0 Å². The summed E-state index contributed by atoms with van der Waals surface area (Å²) in [5, 5.41) is 2.93. The van der Waals surface area contributed by atoms with Crippen LogP contribution in [0.1, 0.15) is 6.42 Å². The number of rotatable bonds is 3. The average molecular weight is 317 g/mol. The first kappa shape index (κ1) is 16.2. The lowest BCUT2D eigenvalue weighted by Gasteiger charge is -2.12. The lowest BCUT2D eigenvalue weighted by atomic mass is 10.3. The van der Waals surface area contributed by atoms with Crippen LogP contribution in [0.2, 0.25) is 0 Å². The zero-order chi connectivity index (χ0) is 13.3. The van der Waals surface area contributed by atoms with Crippen LogP contribution in [0, 0.1) is 17.5 Å². The Morgan fingerprint density at radius 3 is 2.47 bits per heavy atom. The van der Waals surface area contributed by atoms with E-state index in [0.717, 1.165) is 0 Å². The topological polar surface area (TPSA) is 58.2 Å². The normalized spacial score (nSPS) is 19.2. The molecule has 19 heavy (non-hydrogen) atoms. The van der Waals surface area contributed by atoms with Crippen molar-refractivity contribution in [2.24, 2.45) is 0 Å². The molecule has 108 valence electrons. The minimum absolute atomic E-state index is 0. The maximum Gasteiger partial charge on any atom is 0.243 e. The summed E-state index contributed by atoms with van der Waals surface area (Å²) >= 11 is 0. The van der Waals surface area contributed by atoms with Gasteiger partial charge in [-0.15, -0.1) is 12.4 Å². The fraction of sp³-hybridized carbons (Fsp3) is 0.400.